The molecule has 2 aromatic heterocycles. The van der Waals surface area contributed by atoms with E-state index in [1.165, 1.54) is 24.1 Å². The van der Waals surface area contributed by atoms with E-state index in [1.54, 1.807) is 6.20 Å². The summed E-state index contributed by atoms with van der Waals surface area (Å²) in [7, 11) is 0. The zero-order valence-corrected chi connectivity index (χ0v) is 13.5. The second-order valence-electron chi connectivity index (χ2n) is 6.56. The Morgan fingerprint density at radius 3 is 2.96 bits per heavy atom. The Morgan fingerprint density at radius 2 is 2.09 bits per heavy atom. The molecule has 1 saturated heterocycles. The lowest BCUT2D eigenvalue weighted by Crippen LogP contribution is -2.50. The van der Waals surface area contributed by atoms with E-state index in [0.717, 1.165) is 49.9 Å². The van der Waals surface area contributed by atoms with Gasteiger partial charge in [-0.2, -0.15) is 5.10 Å². The van der Waals surface area contributed by atoms with E-state index >= 15 is 0 Å². The lowest BCUT2D eigenvalue weighted by Gasteiger charge is -2.40. The highest BCUT2D eigenvalue weighted by Crippen LogP contribution is 2.26. The molecule has 6 heteroatoms. The summed E-state index contributed by atoms with van der Waals surface area (Å²) in [6.45, 7) is 4.92. The van der Waals surface area contributed by atoms with Crippen molar-refractivity contribution < 1.29 is 0 Å². The second kappa shape index (κ2) is 6.10. The van der Waals surface area contributed by atoms with E-state index in [0.29, 0.717) is 5.92 Å². The fraction of sp³-hybridized carbons (Fsp3) is 0.529. The quantitative estimate of drug-likeness (QED) is 0.932. The molecule has 3 heterocycles. The molecule has 1 N–H and O–H groups in total. The van der Waals surface area contributed by atoms with Crippen LogP contribution in [0.5, 0.6) is 0 Å². The van der Waals surface area contributed by atoms with Crippen LogP contribution in [0.1, 0.15) is 29.8 Å². The monoisotopic (exact) mass is 310 g/mol. The fourth-order valence-electron chi connectivity index (χ4n) is 3.29. The molecular formula is C17H22N6. The minimum atomic E-state index is 0.608. The van der Waals surface area contributed by atoms with Gasteiger partial charge in [-0.15, -0.1) is 5.10 Å². The first kappa shape index (κ1) is 14.4. The average Bonchev–Trinajstić information content (AvgIpc) is 2.53. The SMILES string of the molecule is Cc1ccnc(NCC2CN(c3cc4c(nn3)CCCC4)C2)n1. The summed E-state index contributed by atoms with van der Waals surface area (Å²) >= 11 is 0. The van der Waals surface area contributed by atoms with Crippen molar-refractivity contribution in [3.05, 3.63) is 35.3 Å². The van der Waals surface area contributed by atoms with E-state index in [1.807, 2.05) is 13.0 Å². The first-order chi connectivity index (χ1) is 11.3. The van der Waals surface area contributed by atoms with Crippen LogP contribution in [0, 0.1) is 12.8 Å². The number of aromatic nitrogens is 4. The van der Waals surface area contributed by atoms with Gasteiger partial charge >= 0.3 is 0 Å². The molecule has 0 bridgehead atoms. The molecule has 0 amide bonds. The zero-order valence-electron chi connectivity index (χ0n) is 13.5. The van der Waals surface area contributed by atoms with Crippen LogP contribution in [0.2, 0.25) is 0 Å². The largest absolute Gasteiger partial charge is 0.354 e. The number of nitrogens with one attached hydrogen (secondary N) is 1. The lowest BCUT2D eigenvalue weighted by molar-refractivity contribution is 0.424. The molecule has 0 unspecified atom stereocenters. The number of rotatable bonds is 4. The summed E-state index contributed by atoms with van der Waals surface area (Å²) in [6, 6.07) is 4.15. The molecule has 1 aliphatic carbocycles. The molecule has 0 spiro atoms. The van der Waals surface area contributed by atoms with Crippen LogP contribution in [0.15, 0.2) is 18.3 Å². The van der Waals surface area contributed by atoms with Gasteiger partial charge in [-0.3, -0.25) is 0 Å². The van der Waals surface area contributed by atoms with Crippen molar-refractivity contribution in [2.45, 2.75) is 32.6 Å². The van der Waals surface area contributed by atoms with Gasteiger partial charge in [0.2, 0.25) is 5.95 Å². The Morgan fingerprint density at radius 1 is 1.22 bits per heavy atom. The smallest absolute Gasteiger partial charge is 0.222 e. The molecule has 2 aliphatic rings. The topological polar surface area (TPSA) is 66.8 Å². The van der Waals surface area contributed by atoms with Gasteiger partial charge in [0.25, 0.3) is 0 Å². The lowest BCUT2D eigenvalue weighted by atomic mass is 9.95. The highest BCUT2D eigenvalue weighted by molar-refractivity contribution is 5.45. The minimum absolute atomic E-state index is 0.608. The molecule has 6 nitrogen and oxygen atoms in total. The summed E-state index contributed by atoms with van der Waals surface area (Å²) in [5.74, 6) is 2.36. The number of aryl methyl sites for hydroxylation is 3. The molecule has 23 heavy (non-hydrogen) atoms. The van der Waals surface area contributed by atoms with Gasteiger partial charge < -0.3 is 10.2 Å². The van der Waals surface area contributed by atoms with Crippen LogP contribution < -0.4 is 10.2 Å². The van der Waals surface area contributed by atoms with Crippen LogP contribution in [0.3, 0.4) is 0 Å². The number of anilines is 2. The highest BCUT2D eigenvalue weighted by Gasteiger charge is 2.28. The molecule has 1 fully saturated rings. The van der Waals surface area contributed by atoms with Crippen LogP contribution in [0.4, 0.5) is 11.8 Å². The first-order valence-corrected chi connectivity index (χ1v) is 8.42. The summed E-state index contributed by atoms with van der Waals surface area (Å²) in [5.41, 5.74) is 3.59. The average molecular weight is 310 g/mol. The summed E-state index contributed by atoms with van der Waals surface area (Å²) in [4.78, 5) is 10.9. The first-order valence-electron chi connectivity index (χ1n) is 8.42. The van der Waals surface area contributed by atoms with Crippen LogP contribution in [-0.2, 0) is 12.8 Å². The van der Waals surface area contributed by atoms with Gasteiger partial charge in [-0.05, 0) is 50.3 Å². The van der Waals surface area contributed by atoms with Crippen molar-refractivity contribution in [3.8, 4) is 0 Å². The zero-order chi connectivity index (χ0) is 15.6. The van der Waals surface area contributed by atoms with E-state index in [-0.39, 0.29) is 0 Å². The molecule has 0 aromatic carbocycles. The van der Waals surface area contributed by atoms with Gasteiger partial charge in [0.15, 0.2) is 5.82 Å². The fourth-order valence-corrected chi connectivity index (χ4v) is 3.29. The van der Waals surface area contributed by atoms with Crippen molar-refractivity contribution in [1.82, 2.24) is 20.2 Å². The second-order valence-corrected chi connectivity index (χ2v) is 6.56. The Hall–Kier alpha value is -2.24. The Kier molecular flexibility index (Phi) is 3.81. The molecule has 0 radical (unpaired) electrons. The molecular weight excluding hydrogens is 288 g/mol. The van der Waals surface area contributed by atoms with Crippen molar-refractivity contribution in [2.24, 2.45) is 5.92 Å². The predicted molar refractivity (Wildman–Crippen MR) is 89.6 cm³/mol. The summed E-state index contributed by atoms with van der Waals surface area (Å²) in [5, 5.41) is 12.2. The molecule has 120 valence electrons. The number of fused-ring (bicyclic) bond motifs is 1. The highest BCUT2D eigenvalue weighted by atomic mass is 15.3. The van der Waals surface area contributed by atoms with Gasteiger partial charge in [0.1, 0.15) is 0 Å². The number of hydrogen-bond donors (Lipinski definition) is 1. The van der Waals surface area contributed by atoms with Crippen molar-refractivity contribution in [3.63, 3.8) is 0 Å². The van der Waals surface area contributed by atoms with Crippen molar-refractivity contribution in [1.29, 1.82) is 0 Å². The summed E-state index contributed by atoms with van der Waals surface area (Å²) < 4.78 is 0. The van der Waals surface area contributed by atoms with Crippen LogP contribution in [-0.4, -0.2) is 39.8 Å². The maximum Gasteiger partial charge on any atom is 0.222 e. The maximum atomic E-state index is 4.42. The standard InChI is InChI=1S/C17H22N6/c1-12-6-7-18-17(20-12)19-9-13-10-23(11-13)16-8-14-4-2-3-5-15(14)21-22-16/h6-8,13H,2-5,9-11H2,1H3,(H,18,19,20). The minimum Gasteiger partial charge on any atom is -0.354 e. The van der Waals surface area contributed by atoms with E-state index in [4.69, 9.17) is 0 Å². The molecule has 0 atom stereocenters. The van der Waals surface area contributed by atoms with Gasteiger partial charge in [0.05, 0.1) is 5.69 Å². The maximum absolute atomic E-state index is 4.42. The van der Waals surface area contributed by atoms with Crippen LogP contribution >= 0.6 is 0 Å². The van der Waals surface area contributed by atoms with Crippen molar-refractivity contribution in [2.75, 3.05) is 29.9 Å². The number of hydrogen-bond acceptors (Lipinski definition) is 6. The number of nitrogens with zero attached hydrogens (tertiary/aromatic N) is 5. The Labute approximate surface area is 136 Å². The molecule has 1 aliphatic heterocycles. The van der Waals surface area contributed by atoms with E-state index in [9.17, 15) is 0 Å². The van der Waals surface area contributed by atoms with Gasteiger partial charge in [-0.25, -0.2) is 9.97 Å². The van der Waals surface area contributed by atoms with Gasteiger partial charge in [-0.1, -0.05) is 0 Å². The molecule has 0 saturated carbocycles. The predicted octanol–water partition coefficient (Wildman–Crippen LogP) is 2.00. The van der Waals surface area contributed by atoms with E-state index < -0.39 is 0 Å². The van der Waals surface area contributed by atoms with E-state index in [2.05, 4.69) is 36.4 Å². The summed E-state index contributed by atoms with van der Waals surface area (Å²) in [6.07, 6.45) is 6.56. The van der Waals surface area contributed by atoms with Gasteiger partial charge in [0, 0.05) is 37.4 Å². The van der Waals surface area contributed by atoms with Crippen LogP contribution in [0.25, 0.3) is 0 Å². The Bertz CT molecular complexity index is 695. The Balaban J connectivity index is 1.31. The normalized spacial score (nSPS) is 17.5. The molecule has 2 aromatic rings. The third-order valence-corrected chi connectivity index (χ3v) is 4.68. The third kappa shape index (κ3) is 3.11. The molecule has 4 rings (SSSR count). The third-order valence-electron chi connectivity index (χ3n) is 4.68. The van der Waals surface area contributed by atoms with Crippen molar-refractivity contribution >= 4 is 11.8 Å².